The number of ether oxygens (including phenoxy) is 5. The third-order valence-electron chi connectivity index (χ3n) is 5.12. The number of nitrogens with zero attached hydrogens (tertiary/aromatic N) is 1. The molecular formula is C25H26N2O8. The molecule has 35 heavy (non-hydrogen) atoms. The van der Waals surface area contributed by atoms with E-state index in [0.717, 1.165) is 0 Å². The largest absolute Gasteiger partial charge is 0.490 e. The number of methoxy groups -OCH3 is 1. The molecule has 1 aliphatic heterocycles. The Morgan fingerprint density at radius 1 is 1.09 bits per heavy atom. The quantitative estimate of drug-likeness (QED) is 0.526. The predicted molar refractivity (Wildman–Crippen MR) is 122 cm³/mol. The van der Waals surface area contributed by atoms with Gasteiger partial charge in [-0.3, -0.25) is 0 Å². The summed E-state index contributed by atoms with van der Waals surface area (Å²) in [4.78, 5) is 24.3. The molecule has 1 aromatic carbocycles. The van der Waals surface area contributed by atoms with Crippen molar-refractivity contribution in [3.05, 3.63) is 70.2 Å². The third-order valence-corrected chi connectivity index (χ3v) is 5.12. The molecule has 0 saturated carbocycles. The van der Waals surface area contributed by atoms with Gasteiger partial charge < -0.3 is 33.8 Å². The average molecular weight is 482 g/mol. The minimum absolute atomic E-state index is 0.0249. The van der Waals surface area contributed by atoms with Crippen LogP contribution < -0.4 is 15.2 Å². The first-order valence-corrected chi connectivity index (χ1v) is 10.9. The van der Waals surface area contributed by atoms with Crippen molar-refractivity contribution in [2.24, 2.45) is 5.73 Å². The fraction of sp³-hybridized carbons (Fsp3) is 0.320. The van der Waals surface area contributed by atoms with Gasteiger partial charge in [0.1, 0.15) is 29.8 Å². The molecule has 0 radical (unpaired) electrons. The van der Waals surface area contributed by atoms with Crippen LogP contribution in [0.25, 0.3) is 0 Å². The minimum Gasteiger partial charge on any atom is -0.490 e. The molecule has 184 valence electrons. The summed E-state index contributed by atoms with van der Waals surface area (Å²) in [5.41, 5.74) is 6.80. The Bertz CT molecular complexity index is 1220. The molecule has 1 atom stereocenters. The molecule has 1 aromatic heterocycles. The van der Waals surface area contributed by atoms with E-state index >= 15 is 0 Å². The SMILES string of the molecule is CCOC(=O)C1=C(C)OC(N)=C(C#N)C1c1ccc(OCc2ccc(C(=O)OC)o2)c(OCC)c1. The normalized spacial score (nSPS) is 15.2. The zero-order valence-electron chi connectivity index (χ0n) is 19.9. The zero-order chi connectivity index (χ0) is 25.5. The van der Waals surface area contributed by atoms with Gasteiger partial charge in [0.15, 0.2) is 11.5 Å². The number of benzene rings is 1. The van der Waals surface area contributed by atoms with Crippen molar-refractivity contribution in [3.63, 3.8) is 0 Å². The van der Waals surface area contributed by atoms with Crippen LogP contribution in [0.3, 0.4) is 0 Å². The molecule has 2 aromatic rings. The lowest BCUT2D eigenvalue weighted by Crippen LogP contribution is -2.25. The van der Waals surface area contributed by atoms with Crippen LogP contribution in [0, 0.1) is 11.3 Å². The van der Waals surface area contributed by atoms with Gasteiger partial charge in [-0.1, -0.05) is 6.07 Å². The van der Waals surface area contributed by atoms with Gasteiger partial charge in [-0.25, -0.2) is 9.59 Å². The van der Waals surface area contributed by atoms with Crippen LogP contribution in [-0.2, 0) is 25.6 Å². The van der Waals surface area contributed by atoms with Crippen molar-refractivity contribution in [2.75, 3.05) is 20.3 Å². The summed E-state index contributed by atoms with van der Waals surface area (Å²) in [6.07, 6.45) is 0. The highest BCUT2D eigenvalue weighted by Crippen LogP contribution is 2.42. The Balaban J connectivity index is 1.95. The fourth-order valence-electron chi connectivity index (χ4n) is 3.59. The summed E-state index contributed by atoms with van der Waals surface area (Å²) < 4.78 is 32.3. The molecule has 1 aliphatic rings. The fourth-order valence-corrected chi connectivity index (χ4v) is 3.59. The Labute approximate surface area is 202 Å². The van der Waals surface area contributed by atoms with E-state index in [-0.39, 0.29) is 41.8 Å². The second-order valence-corrected chi connectivity index (χ2v) is 7.30. The maximum absolute atomic E-state index is 12.7. The topological polar surface area (TPSA) is 143 Å². The van der Waals surface area contributed by atoms with Crippen molar-refractivity contribution in [3.8, 4) is 17.6 Å². The van der Waals surface area contributed by atoms with Crippen molar-refractivity contribution >= 4 is 11.9 Å². The smallest absolute Gasteiger partial charge is 0.373 e. The van der Waals surface area contributed by atoms with E-state index in [2.05, 4.69) is 4.74 Å². The average Bonchev–Trinajstić information content (AvgIpc) is 3.31. The van der Waals surface area contributed by atoms with Gasteiger partial charge in [0, 0.05) is 0 Å². The number of hydrogen-bond donors (Lipinski definition) is 1. The monoisotopic (exact) mass is 482 g/mol. The van der Waals surface area contributed by atoms with Crippen LogP contribution in [0.15, 0.2) is 57.5 Å². The van der Waals surface area contributed by atoms with Gasteiger partial charge in [-0.05, 0) is 50.6 Å². The standard InChI is InChI=1S/C25H26N2O8/c1-5-31-20-11-15(7-9-18(20)33-13-16-8-10-19(35-16)24(28)30-4)22-17(12-26)23(27)34-14(3)21(22)25(29)32-6-2/h7-11,22H,5-6,13,27H2,1-4H3. The highest BCUT2D eigenvalue weighted by molar-refractivity contribution is 5.92. The molecule has 0 fully saturated rings. The van der Waals surface area contributed by atoms with E-state index in [1.54, 1.807) is 38.1 Å². The molecule has 10 nitrogen and oxygen atoms in total. The third kappa shape index (κ3) is 5.41. The molecule has 10 heteroatoms. The summed E-state index contributed by atoms with van der Waals surface area (Å²) in [7, 11) is 1.26. The molecule has 3 rings (SSSR count). The molecule has 0 spiro atoms. The van der Waals surface area contributed by atoms with Crippen molar-refractivity contribution < 1.29 is 37.7 Å². The molecule has 0 aliphatic carbocycles. The van der Waals surface area contributed by atoms with Crippen molar-refractivity contribution in [1.82, 2.24) is 0 Å². The van der Waals surface area contributed by atoms with Crippen LogP contribution in [0.1, 0.15) is 48.6 Å². The molecule has 0 amide bonds. The maximum atomic E-state index is 12.7. The summed E-state index contributed by atoms with van der Waals surface area (Å²) >= 11 is 0. The number of allylic oxidation sites excluding steroid dienone is 2. The van der Waals surface area contributed by atoms with Crippen LogP contribution in [0.5, 0.6) is 11.5 Å². The van der Waals surface area contributed by atoms with Gasteiger partial charge >= 0.3 is 11.9 Å². The van der Waals surface area contributed by atoms with E-state index in [9.17, 15) is 14.9 Å². The molecule has 2 heterocycles. The first-order chi connectivity index (χ1) is 16.8. The Kier molecular flexibility index (Phi) is 8.04. The van der Waals surface area contributed by atoms with Crippen LogP contribution in [0.4, 0.5) is 0 Å². The molecule has 0 saturated heterocycles. The maximum Gasteiger partial charge on any atom is 0.373 e. The molecular weight excluding hydrogens is 456 g/mol. The summed E-state index contributed by atoms with van der Waals surface area (Å²) in [5, 5.41) is 9.76. The zero-order valence-corrected chi connectivity index (χ0v) is 19.9. The van der Waals surface area contributed by atoms with Crippen LogP contribution in [-0.4, -0.2) is 32.3 Å². The number of esters is 2. The van der Waals surface area contributed by atoms with Crippen molar-refractivity contribution in [1.29, 1.82) is 5.26 Å². The number of carbonyl (C=O) groups excluding carboxylic acids is 2. The lowest BCUT2D eigenvalue weighted by molar-refractivity contribution is -0.139. The minimum atomic E-state index is -0.811. The van der Waals surface area contributed by atoms with E-state index in [1.807, 2.05) is 13.0 Å². The number of rotatable bonds is 9. The first-order valence-electron chi connectivity index (χ1n) is 10.9. The van der Waals surface area contributed by atoms with Gasteiger partial charge in [-0.2, -0.15) is 5.26 Å². The van der Waals surface area contributed by atoms with E-state index in [1.165, 1.54) is 13.2 Å². The molecule has 2 N–H and O–H groups in total. The number of furan rings is 1. The highest BCUT2D eigenvalue weighted by atomic mass is 16.5. The lowest BCUT2D eigenvalue weighted by atomic mass is 9.83. The number of nitriles is 1. The van der Waals surface area contributed by atoms with Crippen LogP contribution in [0.2, 0.25) is 0 Å². The van der Waals surface area contributed by atoms with Gasteiger partial charge in [0.2, 0.25) is 11.6 Å². The first kappa shape index (κ1) is 25.2. The van der Waals surface area contributed by atoms with Gasteiger partial charge in [0.25, 0.3) is 0 Å². The van der Waals surface area contributed by atoms with E-state index in [4.69, 9.17) is 29.1 Å². The highest BCUT2D eigenvalue weighted by Gasteiger charge is 2.36. The number of carbonyl (C=O) groups is 2. The summed E-state index contributed by atoms with van der Waals surface area (Å²) in [6.45, 7) is 5.61. The molecule has 0 bridgehead atoms. The van der Waals surface area contributed by atoms with Gasteiger partial charge in [-0.15, -0.1) is 0 Å². The molecule has 1 unspecified atom stereocenters. The van der Waals surface area contributed by atoms with E-state index in [0.29, 0.717) is 29.4 Å². The predicted octanol–water partition coefficient (Wildman–Crippen LogP) is 3.69. The summed E-state index contributed by atoms with van der Waals surface area (Å²) in [5.74, 6) is -0.585. The van der Waals surface area contributed by atoms with Crippen molar-refractivity contribution in [2.45, 2.75) is 33.3 Å². The summed E-state index contributed by atoms with van der Waals surface area (Å²) in [6, 6.07) is 10.2. The lowest BCUT2D eigenvalue weighted by Gasteiger charge is -2.27. The Morgan fingerprint density at radius 3 is 2.51 bits per heavy atom. The second kappa shape index (κ2) is 11.2. The van der Waals surface area contributed by atoms with E-state index < -0.39 is 17.9 Å². The Morgan fingerprint density at radius 2 is 1.86 bits per heavy atom. The van der Waals surface area contributed by atoms with Gasteiger partial charge in [0.05, 0.1) is 31.8 Å². The van der Waals surface area contributed by atoms with Crippen LogP contribution >= 0.6 is 0 Å². The second-order valence-electron chi connectivity index (χ2n) is 7.30. The Hall–Kier alpha value is -4.39. The number of nitrogens with two attached hydrogens (primary N) is 1. The number of hydrogen-bond acceptors (Lipinski definition) is 10.